The van der Waals surface area contributed by atoms with Gasteiger partial charge in [-0.05, 0) is 32.9 Å². The fourth-order valence-electron chi connectivity index (χ4n) is 1.10. The van der Waals surface area contributed by atoms with Crippen LogP contribution in [0.5, 0.6) is 0 Å². The van der Waals surface area contributed by atoms with Gasteiger partial charge < -0.3 is 5.32 Å². The average molecular weight is 345 g/mol. The molecule has 1 rings (SSSR count). The maximum atomic E-state index is 3.47. The van der Waals surface area contributed by atoms with Crippen LogP contribution in [0.25, 0.3) is 0 Å². The molecule has 1 aromatic heterocycles. The van der Waals surface area contributed by atoms with Gasteiger partial charge in [0.25, 0.3) is 0 Å². The fraction of sp³-hybridized carbons (Fsp3) is 0.636. The second-order valence-electron chi connectivity index (χ2n) is 4.40. The summed E-state index contributed by atoms with van der Waals surface area (Å²) in [5.41, 5.74) is 1.37. The first-order valence-corrected chi connectivity index (χ1v) is 7.71. The van der Waals surface area contributed by atoms with Crippen molar-refractivity contribution in [2.75, 3.05) is 12.3 Å². The third-order valence-electron chi connectivity index (χ3n) is 1.76. The van der Waals surface area contributed by atoms with Gasteiger partial charge in [0, 0.05) is 23.6 Å². The third kappa shape index (κ3) is 7.96. The van der Waals surface area contributed by atoms with Crippen LogP contribution in [0.15, 0.2) is 15.2 Å². The van der Waals surface area contributed by atoms with Crippen molar-refractivity contribution in [1.29, 1.82) is 0 Å². The molecule has 1 aromatic rings. The maximum Gasteiger partial charge on any atom is 0.0701 e. The molecule has 0 aliphatic rings. The van der Waals surface area contributed by atoms with Crippen LogP contribution in [0, 0.1) is 0 Å². The molecule has 0 aliphatic heterocycles. The van der Waals surface area contributed by atoms with E-state index in [1.807, 2.05) is 11.8 Å². The second kappa shape index (κ2) is 7.98. The Morgan fingerprint density at radius 1 is 1.44 bits per heavy atom. The largest absolute Gasteiger partial charge is 0.312 e. The Labute approximate surface area is 121 Å². The highest BCUT2D eigenvalue weighted by Crippen LogP contribution is 2.22. The van der Waals surface area contributed by atoms with Crippen LogP contribution in [0.1, 0.15) is 26.3 Å². The van der Waals surface area contributed by atoms with E-state index >= 15 is 0 Å². The third-order valence-corrected chi connectivity index (χ3v) is 4.59. The minimum Gasteiger partial charge on any atom is -0.312 e. The lowest BCUT2D eigenvalue weighted by Crippen LogP contribution is -2.19. The molecule has 0 atom stereocenters. The Morgan fingerprint density at radius 3 is 2.62 bits per heavy atom. The summed E-state index contributed by atoms with van der Waals surface area (Å²) in [6.45, 7) is 8.83. The number of thioether (sulfide) groups is 1. The molecule has 0 aliphatic carbocycles. The minimum absolute atomic E-state index is 0. The molecule has 0 spiro atoms. The summed E-state index contributed by atoms with van der Waals surface area (Å²) in [4.78, 5) is 0. The fourth-order valence-corrected chi connectivity index (χ4v) is 3.17. The molecule has 1 heterocycles. The first-order chi connectivity index (χ1) is 6.97. The van der Waals surface area contributed by atoms with Gasteiger partial charge in [0.05, 0.1) is 3.79 Å². The normalized spacial score (nSPS) is 11.2. The van der Waals surface area contributed by atoms with Crippen molar-refractivity contribution < 1.29 is 0 Å². The molecule has 0 saturated carbocycles. The van der Waals surface area contributed by atoms with Gasteiger partial charge in [-0.1, -0.05) is 20.8 Å². The SMILES string of the molecule is CC(C)(C)SCCNCc1csc(Br)c1.Cl. The number of hydrogen-bond acceptors (Lipinski definition) is 3. The van der Waals surface area contributed by atoms with Crippen LogP contribution >= 0.6 is 51.4 Å². The van der Waals surface area contributed by atoms with Crippen molar-refractivity contribution in [3.05, 3.63) is 20.8 Å². The predicted octanol–water partition coefficient (Wildman–Crippen LogP) is 4.55. The lowest BCUT2D eigenvalue weighted by molar-refractivity contribution is 0.727. The Kier molecular flexibility index (Phi) is 8.37. The quantitative estimate of drug-likeness (QED) is 0.786. The predicted molar refractivity (Wildman–Crippen MR) is 83.2 cm³/mol. The van der Waals surface area contributed by atoms with Gasteiger partial charge in [0.2, 0.25) is 0 Å². The monoisotopic (exact) mass is 343 g/mol. The highest BCUT2D eigenvalue weighted by molar-refractivity contribution is 9.11. The molecule has 5 heteroatoms. The number of rotatable bonds is 5. The second-order valence-corrected chi connectivity index (χ2v) is 8.61. The van der Waals surface area contributed by atoms with Gasteiger partial charge in [-0.3, -0.25) is 0 Å². The van der Waals surface area contributed by atoms with Crippen LogP contribution in [0.3, 0.4) is 0 Å². The molecule has 16 heavy (non-hydrogen) atoms. The molecule has 1 N–H and O–H groups in total. The molecular weight excluding hydrogens is 326 g/mol. The minimum atomic E-state index is 0. The van der Waals surface area contributed by atoms with Crippen LogP contribution in [-0.2, 0) is 6.54 Å². The van der Waals surface area contributed by atoms with E-state index in [0.29, 0.717) is 4.75 Å². The zero-order chi connectivity index (χ0) is 11.3. The molecule has 0 amide bonds. The summed E-state index contributed by atoms with van der Waals surface area (Å²) in [6.07, 6.45) is 0. The highest BCUT2D eigenvalue weighted by atomic mass is 79.9. The summed E-state index contributed by atoms with van der Waals surface area (Å²) in [7, 11) is 0. The lowest BCUT2D eigenvalue weighted by Gasteiger charge is -2.17. The lowest BCUT2D eigenvalue weighted by atomic mass is 10.3. The van der Waals surface area contributed by atoms with Gasteiger partial charge in [-0.25, -0.2) is 0 Å². The van der Waals surface area contributed by atoms with Gasteiger partial charge in [-0.15, -0.1) is 23.7 Å². The van der Waals surface area contributed by atoms with Crippen molar-refractivity contribution in [2.24, 2.45) is 0 Å². The average Bonchev–Trinajstić information content (AvgIpc) is 2.49. The smallest absolute Gasteiger partial charge is 0.0701 e. The summed E-state index contributed by atoms with van der Waals surface area (Å²) in [5, 5.41) is 5.64. The molecule has 94 valence electrons. The summed E-state index contributed by atoms with van der Waals surface area (Å²) in [6, 6.07) is 2.18. The summed E-state index contributed by atoms with van der Waals surface area (Å²) >= 11 is 7.22. The van der Waals surface area contributed by atoms with Crippen LogP contribution in [0.2, 0.25) is 0 Å². The van der Waals surface area contributed by atoms with Gasteiger partial charge >= 0.3 is 0 Å². The number of hydrogen-bond donors (Lipinski definition) is 1. The maximum absolute atomic E-state index is 3.47. The number of thiophene rings is 1. The Balaban J connectivity index is 0.00000225. The van der Waals surface area contributed by atoms with Gasteiger partial charge in [0.15, 0.2) is 0 Å². The van der Waals surface area contributed by atoms with Crippen molar-refractivity contribution >= 4 is 51.4 Å². The van der Waals surface area contributed by atoms with Crippen LogP contribution in [-0.4, -0.2) is 17.0 Å². The summed E-state index contributed by atoms with van der Waals surface area (Å²) in [5.74, 6) is 1.18. The van der Waals surface area contributed by atoms with E-state index in [1.54, 1.807) is 11.3 Å². The first-order valence-electron chi connectivity index (χ1n) is 5.05. The van der Waals surface area contributed by atoms with Crippen molar-refractivity contribution in [3.8, 4) is 0 Å². The standard InChI is InChI=1S/C11H18BrNS2.ClH/c1-11(2,3)15-5-4-13-7-9-6-10(12)14-8-9;/h6,8,13H,4-5,7H2,1-3H3;1H. The highest BCUT2D eigenvalue weighted by Gasteiger charge is 2.09. The van der Waals surface area contributed by atoms with Crippen LogP contribution in [0.4, 0.5) is 0 Å². The van der Waals surface area contributed by atoms with Crippen molar-refractivity contribution in [1.82, 2.24) is 5.32 Å². The van der Waals surface area contributed by atoms with E-state index < -0.39 is 0 Å². The molecule has 0 fully saturated rings. The molecule has 0 aromatic carbocycles. The molecule has 0 bridgehead atoms. The van der Waals surface area contributed by atoms with E-state index in [2.05, 4.69) is 53.5 Å². The van der Waals surface area contributed by atoms with E-state index in [0.717, 1.165) is 13.1 Å². The van der Waals surface area contributed by atoms with Crippen molar-refractivity contribution in [3.63, 3.8) is 0 Å². The van der Waals surface area contributed by atoms with E-state index in [4.69, 9.17) is 0 Å². The molecular formula is C11H19BrClNS2. The van der Waals surface area contributed by atoms with Crippen LogP contribution < -0.4 is 5.32 Å². The zero-order valence-corrected chi connectivity index (χ0v) is 13.9. The van der Waals surface area contributed by atoms with Crippen molar-refractivity contribution in [2.45, 2.75) is 32.1 Å². The zero-order valence-electron chi connectivity index (χ0n) is 9.88. The molecule has 0 unspecified atom stereocenters. The molecule has 0 saturated heterocycles. The Hall–Kier alpha value is 0.780. The number of halogens is 2. The topological polar surface area (TPSA) is 12.0 Å². The van der Waals surface area contributed by atoms with E-state index in [1.165, 1.54) is 15.1 Å². The Morgan fingerprint density at radius 2 is 2.12 bits per heavy atom. The van der Waals surface area contributed by atoms with Gasteiger partial charge in [0.1, 0.15) is 0 Å². The number of nitrogens with one attached hydrogen (secondary N) is 1. The molecule has 0 radical (unpaired) electrons. The first kappa shape index (κ1) is 16.8. The van der Waals surface area contributed by atoms with E-state index in [-0.39, 0.29) is 12.4 Å². The van der Waals surface area contributed by atoms with E-state index in [9.17, 15) is 0 Å². The molecule has 1 nitrogen and oxygen atoms in total. The Bertz CT molecular complexity index is 296. The summed E-state index contributed by atoms with van der Waals surface area (Å²) < 4.78 is 1.59. The van der Waals surface area contributed by atoms with Gasteiger partial charge in [-0.2, -0.15) is 11.8 Å².